The van der Waals surface area contributed by atoms with Crippen LogP contribution in [0.25, 0.3) is 10.9 Å². The molecule has 0 aliphatic heterocycles. The van der Waals surface area contributed by atoms with Crippen molar-refractivity contribution in [3.8, 4) is 0 Å². The highest BCUT2D eigenvalue weighted by atomic mass is 32.2. The second-order valence-corrected chi connectivity index (χ2v) is 7.93. The Balaban J connectivity index is 1.80. The van der Waals surface area contributed by atoms with E-state index in [4.69, 9.17) is 5.73 Å². The molecule has 1 heterocycles. The second-order valence-electron chi connectivity index (χ2n) is 6.18. The maximum absolute atomic E-state index is 12.9. The van der Waals surface area contributed by atoms with Gasteiger partial charge in [-0.3, -0.25) is 9.52 Å². The first-order valence-electron chi connectivity index (χ1n) is 8.07. The minimum Gasteiger partial charge on any atom is -0.368 e. The largest absolute Gasteiger partial charge is 0.368 e. The molecule has 0 saturated carbocycles. The Bertz CT molecular complexity index is 1100. The number of nitrogens with two attached hydrogens (primary N) is 1. The number of nitrogens with zero attached hydrogens (tertiary/aromatic N) is 3. The zero-order chi connectivity index (χ0) is 19.6. The van der Waals surface area contributed by atoms with Crippen molar-refractivity contribution in [3.63, 3.8) is 0 Å². The van der Waals surface area contributed by atoms with Crippen molar-refractivity contribution >= 4 is 38.5 Å². The van der Waals surface area contributed by atoms with Crippen LogP contribution < -0.4 is 10.5 Å². The maximum atomic E-state index is 12.9. The van der Waals surface area contributed by atoms with Crippen molar-refractivity contribution in [1.82, 2.24) is 14.9 Å². The molecule has 1 aromatic heterocycles. The van der Waals surface area contributed by atoms with Crippen molar-refractivity contribution in [3.05, 3.63) is 59.8 Å². The van der Waals surface area contributed by atoms with Crippen molar-refractivity contribution < 1.29 is 13.2 Å². The number of amides is 1. The van der Waals surface area contributed by atoms with Crippen LogP contribution in [0, 0.1) is 0 Å². The molecular weight excluding hydrogens is 366 g/mol. The van der Waals surface area contributed by atoms with Gasteiger partial charge in [-0.25, -0.2) is 18.4 Å². The topological polar surface area (TPSA) is 118 Å². The molecule has 0 spiro atoms. The molecule has 8 nitrogen and oxygen atoms in total. The van der Waals surface area contributed by atoms with Gasteiger partial charge in [0, 0.05) is 24.7 Å². The van der Waals surface area contributed by atoms with Gasteiger partial charge in [0.05, 0.1) is 11.8 Å². The summed E-state index contributed by atoms with van der Waals surface area (Å²) >= 11 is 0. The highest BCUT2D eigenvalue weighted by molar-refractivity contribution is 7.92. The molecule has 0 fully saturated rings. The van der Waals surface area contributed by atoms with Crippen LogP contribution in [0.5, 0.6) is 0 Å². The molecule has 0 aliphatic rings. The monoisotopic (exact) mass is 385 g/mol. The lowest BCUT2D eigenvalue weighted by molar-refractivity contribution is 0.0781. The van der Waals surface area contributed by atoms with E-state index in [-0.39, 0.29) is 17.5 Å². The fraction of sp³-hybridized carbons (Fsp3) is 0.167. The molecular formula is C18H19N5O3S. The summed E-state index contributed by atoms with van der Waals surface area (Å²) in [5.74, 6) is -0.236. The summed E-state index contributed by atoms with van der Waals surface area (Å²) in [5, 5.41) is 0.635. The van der Waals surface area contributed by atoms with Gasteiger partial charge in [-0.2, -0.15) is 0 Å². The number of carbonyl (C=O) groups is 1. The Labute approximate surface area is 157 Å². The Hall–Kier alpha value is -3.20. The molecule has 0 unspecified atom stereocenters. The van der Waals surface area contributed by atoms with Gasteiger partial charge in [-0.15, -0.1) is 0 Å². The molecule has 2 aromatic carbocycles. The number of carbonyl (C=O) groups excluding carboxylic acids is 1. The third kappa shape index (κ3) is 4.50. The Morgan fingerprint density at radius 3 is 2.44 bits per heavy atom. The van der Waals surface area contributed by atoms with Crippen molar-refractivity contribution in [1.29, 1.82) is 0 Å². The predicted octanol–water partition coefficient (Wildman–Crippen LogP) is 1.86. The predicted molar refractivity (Wildman–Crippen MR) is 105 cm³/mol. The standard InChI is InChI=1S/C18H19N5O3S/c1-23(11-12-7-9-13(10-8-12)22-27(2,25)26)17(24)16-14-5-3-4-6-15(14)20-18(19)21-16/h3-10,22H,11H2,1-2H3,(H2,19,20,21). The summed E-state index contributed by atoms with van der Waals surface area (Å²) < 4.78 is 24.9. The average Bonchev–Trinajstić information content (AvgIpc) is 2.60. The van der Waals surface area contributed by atoms with E-state index in [1.165, 1.54) is 4.90 Å². The second kappa shape index (κ2) is 7.20. The summed E-state index contributed by atoms with van der Waals surface area (Å²) in [7, 11) is -1.66. The van der Waals surface area contributed by atoms with Crippen molar-refractivity contribution in [2.75, 3.05) is 23.8 Å². The van der Waals surface area contributed by atoms with Gasteiger partial charge >= 0.3 is 0 Å². The normalized spacial score (nSPS) is 11.3. The molecule has 3 N–H and O–H groups in total. The van der Waals surface area contributed by atoms with Gasteiger partial charge < -0.3 is 10.6 Å². The minimum atomic E-state index is -3.33. The first-order chi connectivity index (χ1) is 12.7. The maximum Gasteiger partial charge on any atom is 0.273 e. The zero-order valence-electron chi connectivity index (χ0n) is 14.9. The third-order valence-corrected chi connectivity index (χ3v) is 4.45. The van der Waals surface area contributed by atoms with Crippen LogP contribution in [0.15, 0.2) is 48.5 Å². The van der Waals surface area contributed by atoms with E-state index in [2.05, 4.69) is 14.7 Å². The number of para-hydroxylation sites is 1. The number of hydrogen-bond donors (Lipinski definition) is 2. The van der Waals surface area contributed by atoms with Crippen LogP contribution in [0.2, 0.25) is 0 Å². The number of hydrogen-bond acceptors (Lipinski definition) is 6. The number of aromatic nitrogens is 2. The summed E-state index contributed by atoms with van der Waals surface area (Å²) in [5.41, 5.74) is 7.90. The lowest BCUT2D eigenvalue weighted by atomic mass is 10.1. The van der Waals surface area contributed by atoms with Crippen molar-refractivity contribution in [2.45, 2.75) is 6.54 Å². The van der Waals surface area contributed by atoms with E-state index in [0.29, 0.717) is 23.1 Å². The van der Waals surface area contributed by atoms with Gasteiger partial charge in [0.15, 0.2) is 0 Å². The van der Waals surface area contributed by atoms with E-state index in [0.717, 1.165) is 11.8 Å². The molecule has 0 bridgehead atoms. The van der Waals surface area contributed by atoms with Crippen LogP contribution in [-0.4, -0.2) is 42.5 Å². The highest BCUT2D eigenvalue weighted by Gasteiger charge is 2.18. The molecule has 0 atom stereocenters. The van der Waals surface area contributed by atoms with Crippen LogP contribution >= 0.6 is 0 Å². The SMILES string of the molecule is CN(Cc1ccc(NS(C)(=O)=O)cc1)C(=O)c1nc(N)nc2ccccc12. The van der Waals surface area contributed by atoms with E-state index in [9.17, 15) is 13.2 Å². The van der Waals surface area contributed by atoms with Crippen LogP contribution in [-0.2, 0) is 16.6 Å². The minimum absolute atomic E-state index is 0.0432. The van der Waals surface area contributed by atoms with E-state index in [1.807, 2.05) is 12.1 Å². The van der Waals surface area contributed by atoms with Crippen LogP contribution in [0.1, 0.15) is 16.1 Å². The Morgan fingerprint density at radius 1 is 1.11 bits per heavy atom. The summed E-state index contributed by atoms with van der Waals surface area (Å²) in [4.78, 5) is 22.6. The third-order valence-electron chi connectivity index (χ3n) is 3.85. The molecule has 1 amide bonds. The smallest absolute Gasteiger partial charge is 0.273 e. The average molecular weight is 385 g/mol. The molecule has 0 aliphatic carbocycles. The number of anilines is 2. The lowest BCUT2D eigenvalue weighted by Crippen LogP contribution is -2.27. The van der Waals surface area contributed by atoms with Gasteiger partial charge in [0.1, 0.15) is 5.69 Å². The number of fused-ring (bicyclic) bond motifs is 1. The molecule has 140 valence electrons. The quantitative estimate of drug-likeness (QED) is 0.692. The fourth-order valence-corrected chi connectivity index (χ4v) is 3.24. The van der Waals surface area contributed by atoms with Crippen LogP contribution in [0.3, 0.4) is 0 Å². The molecule has 0 saturated heterocycles. The number of rotatable bonds is 5. The molecule has 3 aromatic rings. The van der Waals surface area contributed by atoms with Gasteiger partial charge in [-0.1, -0.05) is 30.3 Å². The molecule has 0 radical (unpaired) electrons. The molecule has 3 rings (SSSR count). The summed E-state index contributed by atoms with van der Waals surface area (Å²) in [6.45, 7) is 0.330. The first-order valence-corrected chi connectivity index (χ1v) is 9.96. The number of sulfonamides is 1. The Morgan fingerprint density at radius 2 is 1.78 bits per heavy atom. The van der Waals surface area contributed by atoms with Gasteiger partial charge in [-0.05, 0) is 23.8 Å². The highest BCUT2D eigenvalue weighted by Crippen LogP contribution is 2.19. The Kier molecular flexibility index (Phi) is 4.95. The molecule has 27 heavy (non-hydrogen) atoms. The van der Waals surface area contributed by atoms with Gasteiger partial charge in [0.2, 0.25) is 16.0 Å². The van der Waals surface area contributed by atoms with E-state index < -0.39 is 10.0 Å². The first kappa shape index (κ1) is 18.6. The lowest BCUT2D eigenvalue weighted by Gasteiger charge is -2.18. The van der Waals surface area contributed by atoms with Gasteiger partial charge in [0.25, 0.3) is 5.91 Å². The zero-order valence-corrected chi connectivity index (χ0v) is 15.7. The summed E-state index contributed by atoms with van der Waals surface area (Å²) in [6.07, 6.45) is 1.09. The fourth-order valence-electron chi connectivity index (χ4n) is 2.68. The van der Waals surface area contributed by atoms with Crippen LogP contribution in [0.4, 0.5) is 11.6 Å². The van der Waals surface area contributed by atoms with Crippen molar-refractivity contribution in [2.24, 2.45) is 0 Å². The number of benzene rings is 2. The molecule has 9 heteroatoms. The number of nitrogens with one attached hydrogen (secondary N) is 1. The summed E-state index contributed by atoms with van der Waals surface area (Å²) in [6, 6.07) is 14.0. The van der Waals surface area contributed by atoms with E-state index >= 15 is 0 Å². The van der Waals surface area contributed by atoms with E-state index in [1.54, 1.807) is 43.4 Å². The number of nitrogen functional groups attached to an aromatic ring is 1.